The van der Waals surface area contributed by atoms with Crippen molar-refractivity contribution in [2.45, 2.75) is 31.2 Å². The second-order valence-electron chi connectivity index (χ2n) is 5.76. The van der Waals surface area contributed by atoms with E-state index in [0.717, 1.165) is 25.1 Å². The zero-order valence-corrected chi connectivity index (χ0v) is 12.0. The number of nitrogens with zero attached hydrogens (tertiary/aromatic N) is 2. The van der Waals surface area contributed by atoms with Gasteiger partial charge in [-0.2, -0.15) is 5.26 Å². The van der Waals surface area contributed by atoms with Crippen LogP contribution in [-0.2, 0) is 4.79 Å². The van der Waals surface area contributed by atoms with Gasteiger partial charge in [-0.05, 0) is 37.1 Å². The maximum atomic E-state index is 12.5. The molecule has 0 atom stereocenters. The first-order valence-corrected chi connectivity index (χ1v) is 7.46. The maximum absolute atomic E-state index is 12.5. The van der Waals surface area contributed by atoms with Gasteiger partial charge >= 0.3 is 0 Å². The molecular weight excluding hydrogens is 262 g/mol. The molecule has 1 spiro atoms. The molecule has 21 heavy (non-hydrogen) atoms. The van der Waals surface area contributed by atoms with Gasteiger partial charge in [0, 0.05) is 12.2 Å². The van der Waals surface area contributed by atoms with E-state index in [-0.39, 0.29) is 11.4 Å². The highest BCUT2D eigenvalue weighted by atomic mass is 16.2. The van der Waals surface area contributed by atoms with E-state index in [4.69, 9.17) is 5.26 Å². The van der Waals surface area contributed by atoms with Crippen molar-refractivity contribution in [3.63, 3.8) is 0 Å². The molecule has 1 fully saturated rings. The summed E-state index contributed by atoms with van der Waals surface area (Å²) in [5.41, 5.74) is 1.49. The van der Waals surface area contributed by atoms with Crippen molar-refractivity contribution in [2.24, 2.45) is 0 Å². The summed E-state index contributed by atoms with van der Waals surface area (Å²) in [6.07, 6.45) is 8.93. The third kappa shape index (κ3) is 2.64. The Morgan fingerprint density at radius 3 is 2.67 bits per heavy atom. The van der Waals surface area contributed by atoms with Gasteiger partial charge in [-0.1, -0.05) is 25.0 Å². The van der Waals surface area contributed by atoms with Crippen LogP contribution in [0.4, 0.5) is 5.69 Å². The molecule has 3 rings (SSSR count). The summed E-state index contributed by atoms with van der Waals surface area (Å²) in [4.78, 5) is 14.5. The van der Waals surface area contributed by atoms with Gasteiger partial charge in [0.1, 0.15) is 0 Å². The normalized spacial score (nSPS) is 18.9. The lowest BCUT2D eigenvalue weighted by Crippen LogP contribution is -2.47. The molecule has 1 N–H and O–H groups in total. The van der Waals surface area contributed by atoms with Crippen LogP contribution < -0.4 is 5.32 Å². The lowest BCUT2D eigenvalue weighted by Gasteiger charge is -2.34. The minimum absolute atomic E-state index is 0.0105. The van der Waals surface area contributed by atoms with Crippen molar-refractivity contribution in [3.05, 3.63) is 42.0 Å². The Balaban J connectivity index is 1.60. The topological polar surface area (TPSA) is 56.1 Å². The standard InChI is InChI=1S/C17H19N3O/c18-12-14-4-6-15(7-5-14)19-13-16(21)20-11-3-10-17(20)8-1-2-9-17/h3-7,10,19H,1-2,8-9,11,13H2. The van der Waals surface area contributed by atoms with Crippen molar-refractivity contribution < 1.29 is 4.79 Å². The van der Waals surface area contributed by atoms with Gasteiger partial charge in [0.15, 0.2) is 0 Å². The molecule has 1 amide bonds. The van der Waals surface area contributed by atoms with Crippen LogP contribution in [0.15, 0.2) is 36.4 Å². The summed E-state index contributed by atoms with van der Waals surface area (Å²) in [6.45, 7) is 1.03. The lowest BCUT2D eigenvalue weighted by atomic mass is 9.97. The Morgan fingerprint density at radius 1 is 1.29 bits per heavy atom. The van der Waals surface area contributed by atoms with E-state index in [0.29, 0.717) is 12.1 Å². The van der Waals surface area contributed by atoms with E-state index in [1.165, 1.54) is 12.8 Å². The first-order chi connectivity index (χ1) is 10.2. The number of rotatable bonds is 3. The molecule has 1 aromatic carbocycles. The van der Waals surface area contributed by atoms with Crippen molar-refractivity contribution in [3.8, 4) is 6.07 Å². The second kappa shape index (κ2) is 5.61. The minimum atomic E-state index is -0.0105. The molecular formula is C17H19N3O. The molecule has 1 aromatic rings. The summed E-state index contributed by atoms with van der Waals surface area (Å²) in [6, 6.07) is 9.26. The van der Waals surface area contributed by atoms with Crippen LogP contribution in [0.25, 0.3) is 0 Å². The van der Waals surface area contributed by atoms with Crippen LogP contribution in [0.1, 0.15) is 31.2 Å². The molecule has 0 bridgehead atoms. The number of hydrogen-bond acceptors (Lipinski definition) is 3. The fourth-order valence-electron chi connectivity index (χ4n) is 3.36. The van der Waals surface area contributed by atoms with E-state index in [1.54, 1.807) is 12.1 Å². The Morgan fingerprint density at radius 2 is 2.00 bits per heavy atom. The number of nitrogens with one attached hydrogen (secondary N) is 1. The van der Waals surface area contributed by atoms with Gasteiger partial charge < -0.3 is 10.2 Å². The fourth-order valence-corrected chi connectivity index (χ4v) is 3.36. The molecule has 0 saturated heterocycles. The number of carbonyl (C=O) groups is 1. The predicted octanol–water partition coefficient (Wildman–Crippen LogP) is 2.68. The van der Waals surface area contributed by atoms with E-state index in [2.05, 4.69) is 23.5 Å². The highest BCUT2D eigenvalue weighted by Crippen LogP contribution is 2.39. The van der Waals surface area contributed by atoms with Crippen LogP contribution in [0.2, 0.25) is 0 Å². The number of anilines is 1. The molecule has 1 saturated carbocycles. The lowest BCUT2D eigenvalue weighted by molar-refractivity contribution is -0.132. The van der Waals surface area contributed by atoms with Crippen molar-refractivity contribution >= 4 is 11.6 Å². The smallest absolute Gasteiger partial charge is 0.242 e. The van der Waals surface area contributed by atoms with E-state index >= 15 is 0 Å². The molecule has 1 aliphatic carbocycles. The number of benzene rings is 1. The van der Waals surface area contributed by atoms with Gasteiger partial charge in [-0.15, -0.1) is 0 Å². The highest BCUT2D eigenvalue weighted by molar-refractivity contribution is 5.82. The number of nitriles is 1. The van der Waals surface area contributed by atoms with Crippen LogP contribution >= 0.6 is 0 Å². The van der Waals surface area contributed by atoms with Gasteiger partial charge in [0.25, 0.3) is 0 Å². The van der Waals surface area contributed by atoms with Gasteiger partial charge in [-0.25, -0.2) is 0 Å². The first kappa shape index (κ1) is 13.7. The van der Waals surface area contributed by atoms with Crippen LogP contribution in [0, 0.1) is 11.3 Å². The Labute approximate surface area is 125 Å². The third-order valence-corrected chi connectivity index (χ3v) is 4.48. The number of amides is 1. The molecule has 1 heterocycles. The Bertz CT molecular complexity index is 591. The SMILES string of the molecule is N#Cc1ccc(NCC(=O)N2CC=CC23CCCC3)cc1. The van der Waals surface area contributed by atoms with Crippen LogP contribution in [0.3, 0.4) is 0 Å². The molecule has 4 nitrogen and oxygen atoms in total. The molecule has 0 unspecified atom stereocenters. The number of hydrogen-bond donors (Lipinski definition) is 1. The first-order valence-electron chi connectivity index (χ1n) is 7.46. The average Bonchev–Trinajstić information content (AvgIpc) is 3.16. The molecule has 4 heteroatoms. The summed E-state index contributed by atoms with van der Waals surface area (Å²) >= 11 is 0. The molecule has 1 aliphatic heterocycles. The van der Waals surface area contributed by atoms with Gasteiger partial charge in [0.05, 0.1) is 23.7 Å². The largest absolute Gasteiger partial charge is 0.376 e. The van der Waals surface area contributed by atoms with Crippen molar-refractivity contribution in [2.75, 3.05) is 18.4 Å². The minimum Gasteiger partial charge on any atom is -0.376 e. The fraction of sp³-hybridized carbons (Fsp3) is 0.412. The zero-order chi connectivity index (χ0) is 14.7. The van der Waals surface area contributed by atoms with Crippen LogP contribution in [-0.4, -0.2) is 29.4 Å². The Kier molecular flexibility index (Phi) is 3.66. The number of carbonyl (C=O) groups excluding carboxylic acids is 1. The molecule has 0 radical (unpaired) electrons. The van der Waals surface area contributed by atoms with E-state index in [9.17, 15) is 4.79 Å². The van der Waals surface area contributed by atoms with Crippen LogP contribution in [0.5, 0.6) is 0 Å². The van der Waals surface area contributed by atoms with E-state index in [1.807, 2.05) is 17.0 Å². The summed E-state index contributed by atoms with van der Waals surface area (Å²) in [5.74, 6) is 0.145. The van der Waals surface area contributed by atoms with Crippen molar-refractivity contribution in [1.82, 2.24) is 4.90 Å². The Hall–Kier alpha value is -2.28. The summed E-state index contributed by atoms with van der Waals surface area (Å²) in [7, 11) is 0. The summed E-state index contributed by atoms with van der Waals surface area (Å²) in [5, 5.41) is 11.9. The highest BCUT2D eigenvalue weighted by Gasteiger charge is 2.41. The second-order valence-corrected chi connectivity index (χ2v) is 5.76. The summed E-state index contributed by atoms with van der Waals surface area (Å²) < 4.78 is 0. The monoisotopic (exact) mass is 281 g/mol. The van der Waals surface area contributed by atoms with Crippen molar-refractivity contribution in [1.29, 1.82) is 5.26 Å². The maximum Gasteiger partial charge on any atom is 0.242 e. The zero-order valence-electron chi connectivity index (χ0n) is 12.0. The molecule has 108 valence electrons. The van der Waals surface area contributed by atoms with Gasteiger partial charge in [-0.3, -0.25) is 4.79 Å². The third-order valence-electron chi connectivity index (χ3n) is 4.48. The van der Waals surface area contributed by atoms with Gasteiger partial charge in [0.2, 0.25) is 5.91 Å². The average molecular weight is 281 g/mol. The van der Waals surface area contributed by atoms with E-state index < -0.39 is 0 Å². The quantitative estimate of drug-likeness (QED) is 0.867. The molecule has 0 aromatic heterocycles. The molecule has 2 aliphatic rings. The predicted molar refractivity (Wildman–Crippen MR) is 81.7 cm³/mol.